The van der Waals surface area contributed by atoms with Crippen molar-refractivity contribution < 1.29 is 22.9 Å². The van der Waals surface area contributed by atoms with Crippen molar-refractivity contribution in [1.29, 1.82) is 0 Å². The maximum Gasteiger partial charge on any atom is 0.267 e. The van der Waals surface area contributed by atoms with Gasteiger partial charge in [-0.15, -0.1) is 0 Å². The quantitative estimate of drug-likeness (QED) is 0.0374. The van der Waals surface area contributed by atoms with Crippen LogP contribution in [0.3, 0.4) is 0 Å². The number of unbranched alkanes of at least 4 members (excludes halogenated alkanes) is 14. The summed E-state index contributed by atoms with van der Waals surface area (Å²) in [4.78, 5) is 12.5. The number of carbonyl (C=O) groups is 1. The van der Waals surface area contributed by atoms with E-state index in [0.717, 1.165) is 83.5 Å². The fraction of sp³-hybridized carbons (Fsp3) is 0.675. The molecule has 6 nitrogen and oxygen atoms in total. The maximum absolute atomic E-state index is 12.5. The van der Waals surface area contributed by atoms with Gasteiger partial charge in [0.05, 0.1) is 17.9 Å². The Morgan fingerprint density at radius 3 is 1.55 bits per heavy atom. The zero-order chi connectivity index (χ0) is 34.7. The Morgan fingerprint density at radius 2 is 1.02 bits per heavy atom. The molecule has 270 valence electrons. The molecule has 2 atom stereocenters. The molecule has 0 fully saturated rings. The average Bonchev–Trinajstić information content (AvgIpc) is 3.03. The van der Waals surface area contributed by atoms with Crippen LogP contribution in [-0.4, -0.2) is 41.9 Å². The Hall–Kier alpha value is -2.22. The summed E-state index contributed by atoms with van der Waals surface area (Å²) < 4.78 is 32.3. The van der Waals surface area contributed by atoms with Crippen molar-refractivity contribution in [2.45, 2.75) is 167 Å². The molecule has 0 bridgehead atoms. The zero-order valence-electron chi connectivity index (χ0n) is 29.9. The summed E-state index contributed by atoms with van der Waals surface area (Å²) >= 11 is 0. The lowest BCUT2D eigenvalue weighted by Crippen LogP contribution is -2.46. The SMILES string of the molecule is CCC/C=C/CC/C=C/CC/C=C/C(O)C(CS(=O)(=O)O)NC(=O)CCCCCCCC/C=C\C/C=C\C/C=C\CCCCCCC. The lowest BCUT2D eigenvalue weighted by molar-refractivity contribution is -0.122. The van der Waals surface area contributed by atoms with Crippen molar-refractivity contribution in [3.05, 3.63) is 72.9 Å². The molecule has 0 spiro atoms. The van der Waals surface area contributed by atoms with Crippen LogP contribution in [0.25, 0.3) is 0 Å². The van der Waals surface area contributed by atoms with Crippen LogP contribution in [0.15, 0.2) is 72.9 Å². The van der Waals surface area contributed by atoms with Gasteiger partial charge >= 0.3 is 0 Å². The summed E-state index contributed by atoms with van der Waals surface area (Å²) in [6, 6.07) is -1.09. The molecule has 7 heteroatoms. The molecule has 0 aliphatic heterocycles. The monoisotopic (exact) mass is 675 g/mol. The third-order valence-corrected chi connectivity index (χ3v) is 8.59. The summed E-state index contributed by atoms with van der Waals surface area (Å²) in [5.41, 5.74) is 0. The van der Waals surface area contributed by atoms with Crippen LogP contribution in [0.1, 0.15) is 155 Å². The van der Waals surface area contributed by atoms with Gasteiger partial charge in [0.15, 0.2) is 0 Å². The van der Waals surface area contributed by atoms with E-state index < -0.39 is 28.0 Å². The van der Waals surface area contributed by atoms with Crippen LogP contribution in [0.5, 0.6) is 0 Å². The number of rotatable bonds is 32. The number of allylic oxidation sites excluding steroid dienone is 11. The molecule has 0 saturated heterocycles. The van der Waals surface area contributed by atoms with Crippen molar-refractivity contribution in [2.75, 3.05) is 5.75 Å². The van der Waals surface area contributed by atoms with Gasteiger partial charge in [-0.1, -0.05) is 145 Å². The van der Waals surface area contributed by atoms with Gasteiger partial charge in [-0.2, -0.15) is 8.42 Å². The van der Waals surface area contributed by atoms with Crippen LogP contribution in [0.4, 0.5) is 0 Å². The van der Waals surface area contributed by atoms with Crippen molar-refractivity contribution in [1.82, 2.24) is 5.32 Å². The third kappa shape index (κ3) is 34.9. The number of nitrogens with one attached hydrogen (secondary N) is 1. The Balaban J connectivity index is 4.02. The van der Waals surface area contributed by atoms with Crippen LogP contribution in [0, 0.1) is 0 Å². The second-order valence-corrected chi connectivity index (χ2v) is 14.0. The van der Waals surface area contributed by atoms with E-state index in [-0.39, 0.29) is 12.3 Å². The molecule has 2 unspecified atom stereocenters. The summed E-state index contributed by atoms with van der Waals surface area (Å²) in [5.74, 6) is -1.04. The Kier molecular flexibility index (Phi) is 32.1. The summed E-state index contributed by atoms with van der Waals surface area (Å²) in [5, 5.41) is 13.1. The highest BCUT2D eigenvalue weighted by atomic mass is 32.2. The number of carbonyl (C=O) groups excluding carboxylic acids is 1. The van der Waals surface area contributed by atoms with Crippen molar-refractivity contribution >= 4 is 16.0 Å². The van der Waals surface area contributed by atoms with E-state index in [1.807, 2.05) is 0 Å². The minimum Gasteiger partial charge on any atom is -0.387 e. The van der Waals surface area contributed by atoms with Gasteiger partial charge in [0.1, 0.15) is 0 Å². The molecule has 0 aromatic rings. The van der Waals surface area contributed by atoms with Gasteiger partial charge in [0.2, 0.25) is 5.91 Å². The topological polar surface area (TPSA) is 104 Å². The number of aliphatic hydroxyl groups is 1. The van der Waals surface area contributed by atoms with Gasteiger partial charge < -0.3 is 10.4 Å². The molecule has 0 aliphatic rings. The Morgan fingerprint density at radius 1 is 0.574 bits per heavy atom. The highest BCUT2D eigenvalue weighted by Gasteiger charge is 2.24. The van der Waals surface area contributed by atoms with E-state index in [9.17, 15) is 22.9 Å². The first-order valence-electron chi connectivity index (χ1n) is 18.6. The van der Waals surface area contributed by atoms with Crippen LogP contribution >= 0.6 is 0 Å². The minimum absolute atomic E-state index is 0.266. The van der Waals surface area contributed by atoms with E-state index >= 15 is 0 Å². The molecule has 47 heavy (non-hydrogen) atoms. The number of aliphatic hydroxyl groups excluding tert-OH is 1. The molecule has 0 aromatic carbocycles. The fourth-order valence-electron chi connectivity index (χ4n) is 5.02. The molecule has 0 heterocycles. The van der Waals surface area contributed by atoms with Gasteiger partial charge in [-0.3, -0.25) is 9.35 Å². The average molecular weight is 676 g/mol. The molecule has 0 radical (unpaired) electrons. The number of hydrogen-bond acceptors (Lipinski definition) is 4. The van der Waals surface area contributed by atoms with E-state index in [0.29, 0.717) is 12.8 Å². The van der Waals surface area contributed by atoms with Crippen LogP contribution < -0.4 is 5.32 Å². The summed E-state index contributed by atoms with van der Waals surface area (Å²) in [6.07, 6.45) is 47.5. The predicted octanol–water partition coefficient (Wildman–Crippen LogP) is 10.7. The highest BCUT2D eigenvalue weighted by Crippen LogP contribution is 2.11. The van der Waals surface area contributed by atoms with E-state index in [4.69, 9.17) is 0 Å². The molecular weight excluding hydrogens is 607 g/mol. The van der Waals surface area contributed by atoms with Crippen molar-refractivity contribution in [3.8, 4) is 0 Å². The number of amides is 1. The van der Waals surface area contributed by atoms with Gasteiger partial charge in [0.25, 0.3) is 10.1 Å². The van der Waals surface area contributed by atoms with Crippen LogP contribution in [-0.2, 0) is 14.9 Å². The minimum atomic E-state index is -4.36. The van der Waals surface area contributed by atoms with Gasteiger partial charge in [-0.25, -0.2) is 0 Å². The smallest absolute Gasteiger partial charge is 0.267 e. The second-order valence-electron chi connectivity index (χ2n) is 12.5. The highest BCUT2D eigenvalue weighted by molar-refractivity contribution is 7.85. The molecule has 0 rings (SSSR count). The van der Waals surface area contributed by atoms with Crippen molar-refractivity contribution in [3.63, 3.8) is 0 Å². The largest absolute Gasteiger partial charge is 0.387 e. The Labute approximate surface area is 289 Å². The molecular formula is C40H69NO5S. The summed E-state index contributed by atoms with van der Waals surface area (Å²) in [7, 11) is -4.36. The summed E-state index contributed by atoms with van der Waals surface area (Å²) in [6.45, 7) is 4.41. The second kappa shape index (κ2) is 33.7. The van der Waals surface area contributed by atoms with E-state index in [1.54, 1.807) is 6.08 Å². The first-order chi connectivity index (χ1) is 22.8. The Bertz CT molecular complexity index is 1010. The first kappa shape index (κ1) is 44.8. The fourth-order valence-corrected chi connectivity index (χ4v) is 5.76. The molecule has 3 N–H and O–H groups in total. The van der Waals surface area contributed by atoms with Crippen molar-refractivity contribution in [2.24, 2.45) is 0 Å². The molecule has 0 saturated carbocycles. The molecule has 0 aromatic heterocycles. The van der Waals surface area contributed by atoms with Gasteiger partial charge in [0, 0.05) is 6.42 Å². The lowest BCUT2D eigenvalue weighted by atomic mass is 10.1. The zero-order valence-corrected chi connectivity index (χ0v) is 30.7. The van der Waals surface area contributed by atoms with E-state index in [2.05, 4.69) is 79.9 Å². The number of hydrogen-bond donors (Lipinski definition) is 3. The molecule has 0 aliphatic carbocycles. The standard InChI is InChI=1S/C40H69NO5S/c1-3-5-7-9-11-13-15-16-17-18-19-20-21-22-23-24-26-28-30-32-34-36-40(43)41-38(37-47(44,45)46)39(42)35-33-31-29-27-25-14-12-10-8-6-4-2/h8,10,15-16,18-19,21-22,25,27,33,35,38-39,42H,3-7,9,11-14,17,20,23-24,26,28-32,34,36-37H2,1-2H3,(H,41,43)(H,44,45,46)/b10-8+,16-15-,19-18-,22-21-,27-25+,35-33+. The first-order valence-corrected chi connectivity index (χ1v) is 20.2. The lowest BCUT2D eigenvalue weighted by Gasteiger charge is -2.21. The van der Waals surface area contributed by atoms with Crippen LogP contribution in [0.2, 0.25) is 0 Å². The van der Waals surface area contributed by atoms with E-state index in [1.165, 1.54) is 44.6 Å². The normalized spacial score (nSPS) is 14.2. The third-order valence-electron chi connectivity index (χ3n) is 7.81. The maximum atomic E-state index is 12.5. The molecule has 1 amide bonds. The van der Waals surface area contributed by atoms with Gasteiger partial charge in [-0.05, 0) is 77.0 Å². The predicted molar refractivity (Wildman–Crippen MR) is 202 cm³/mol.